The molecule has 2 aromatic rings. The summed E-state index contributed by atoms with van der Waals surface area (Å²) in [4.78, 5) is 12.0. The van der Waals surface area contributed by atoms with Crippen molar-refractivity contribution >= 4 is 6.09 Å². The van der Waals surface area contributed by atoms with E-state index < -0.39 is 6.09 Å². The van der Waals surface area contributed by atoms with Gasteiger partial charge in [0.25, 0.3) is 0 Å². The number of ether oxygens (including phenoxy) is 1. The fourth-order valence-electron chi connectivity index (χ4n) is 4.03. The molecule has 4 heteroatoms. The minimum Gasteiger partial charge on any atom is -0.449 e. The molecule has 2 aromatic carbocycles. The SMILES string of the molecule is O=C(NCC[C@@H](O)C1CCC1)OCC1c2ccccc2-c2ccccc21. The van der Waals surface area contributed by atoms with Crippen molar-refractivity contribution in [1.82, 2.24) is 5.32 Å². The van der Waals surface area contributed by atoms with E-state index >= 15 is 0 Å². The van der Waals surface area contributed by atoms with Crippen molar-refractivity contribution in [3.8, 4) is 11.1 Å². The lowest BCUT2D eigenvalue weighted by atomic mass is 9.80. The van der Waals surface area contributed by atoms with Gasteiger partial charge in [-0.3, -0.25) is 0 Å². The van der Waals surface area contributed by atoms with E-state index in [1.165, 1.54) is 28.7 Å². The minimum absolute atomic E-state index is 0.0775. The van der Waals surface area contributed by atoms with E-state index in [0.29, 0.717) is 25.5 Å². The summed E-state index contributed by atoms with van der Waals surface area (Å²) >= 11 is 0. The number of carbonyl (C=O) groups excluding carboxylic acids is 1. The van der Waals surface area contributed by atoms with Gasteiger partial charge >= 0.3 is 6.09 Å². The molecule has 1 saturated carbocycles. The number of alkyl carbamates (subject to hydrolysis) is 1. The molecular formula is C22H25NO3. The van der Waals surface area contributed by atoms with E-state index in [0.717, 1.165) is 12.8 Å². The van der Waals surface area contributed by atoms with Crippen LogP contribution < -0.4 is 5.32 Å². The Morgan fingerprint density at radius 3 is 2.27 bits per heavy atom. The van der Waals surface area contributed by atoms with E-state index in [1.807, 2.05) is 24.3 Å². The number of fused-ring (bicyclic) bond motifs is 3. The maximum atomic E-state index is 12.0. The van der Waals surface area contributed by atoms with Crippen LogP contribution in [0.1, 0.15) is 42.7 Å². The van der Waals surface area contributed by atoms with Crippen molar-refractivity contribution in [3.63, 3.8) is 0 Å². The van der Waals surface area contributed by atoms with Gasteiger partial charge in [-0.25, -0.2) is 4.79 Å². The summed E-state index contributed by atoms with van der Waals surface area (Å²) < 4.78 is 5.49. The van der Waals surface area contributed by atoms with Gasteiger partial charge in [-0.05, 0) is 47.4 Å². The number of amides is 1. The summed E-state index contributed by atoms with van der Waals surface area (Å²) in [6.07, 6.45) is 3.29. The van der Waals surface area contributed by atoms with E-state index in [2.05, 4.69) is 29.6 Å². The summed E-state index contributed by atoms with van der Waals surface area (Å²) in [5, 5.41) is 12.8. The maximum Gasteiger partial charge on any atom is 0.407 e. The van der Waals surface area contributed by atoms with Crippen LogP contribution in [0, 0.1) is 5.92 Å². The third-order valence-electron chi connectivity index (χ3n) is 5.75. The topological polar surface area (TPSA) is 58.6 Å². The number of carbonyl (C=O) groups is 1. The molecule has 0 radical (unpaired) electrons. The lowest BCUT2D eigenvalue weighted by Gasteiger charge is -2.30. The molecule has 0 aliphatic heterocycles. The molecule has 0 spiro atoms. The Balaban J connectivity index is 1.32. The predicted octanol–water partition coefficient (Wildman–Crippen LogP) is 4.08. The van der Waals surface area contributed by atoms with Crippen LogP contribution in [0.15, 0.2) is 48.5 Å². The van der Waals surface area contributed by atoms with Gasteiger partial charge in [0.05, 0.1) is 6.10 Å². The van der Waals surface area contributed by atoms with Crippen molar-refractivity contribution < 1.29 is 14.6 Å². The average molecular weight is 351 g/mol. The smallest absolute Gasteiger partial charge is 0.407 e. The number of rotatable bonds is 6. The van der Waals surface area contributed by atoms with Gasteiger partial charge in [-0.2, -0.15) is 0 Å². The van der Waals surface area contributed by atoms with Gasteiger partial charge in [-0.15, -0.1) is 0 Å². The zero-order valence-electron chi connectivity index (χ0n) is 14.9. The quantitative estimate of drug-likeness (QED) is 0.824. The van der Waals surface area contributed by atoms with Crippen LogP contribution in [-0.4, -0.2) is 30.5 Å². The van der Waals surface area contributed by atoms with Gasteiger partial charge < -0.3 is 15.2 Å². The Morgan fingerprint density at radius 1 is 1.08 bits per heavy atom. The monoisotopic (exact) mass is 351 g/mol. The highest BCUT2D eigenvalue weighted by molar-refractivity contribution is 5.79. The highest BCUT2D eigenvalue weighted by Crippen LogP contribution is 2.44. The Kier molecular flexibility index (Phi) is 4.93. The molecule has 0 saturated heterocycles. The number of aliphatic hydroxyl groups is 1. The van der Waals surface area contributed by atoms with E-state index in [-0.39, 0.29) is 12.0 Å². The van der Waals surface area contributed by atoms with Gasteiger partial charge in [0.1, 0.15) is 6.61 Å². The van der Waals surface area contributed by atoms with Gasteiger partial charge in [0.15, 0.2) is 0 Å². The number of aliphatic hydroxyl groups excluding tert-OH is 1. The normalized spacial score (nSPS) is 17.1. The molecule has 0 bridgehead atoms. The second-order valence-electron chi connectivity index (χ2n) is 7.30. The molecule has 26 heavy (non-hydrogen) atoms. The van der Waals surface area contributed by atoms with Crippen LogP contribution in [0.2, 0.25) is 0 Å². The van der Waals surface area contributed by atoms with Crippen molar-refractivity contribution in [2.24, 2.45) is 5.92 Å². The Morgan fingerprint density at radius 2 is 1.69 bits per heavy atom. The minimum atomic E-state index is -0.410. The Bertz CT molecular complexity index is 739. The Labute approximate surface area is 154 Å². The molecule has 0 aromatic heterocycles. The van der Waals surface area contributed by atoms with Gasteiger partial charge in [0.2, 0.25) is 0 Å². The summed E-state index contributed by atoms with van der Waals surface area (Å²) in [6, 6.07) is 16.6. The van der Waals surface area contributed by atoms with Crippen LogP contribution in [0.3, 0.4) is 0 Å². The highest BCUT2D eigenvalue weighted by atomic mass is 16.5. The highest BCUT2D eigenvalue weighted by Gasteiger charge is 2.29. The van der Waals surface area contributed by atoms with E-state index in [9.17, 15) is 9.90 Å². The predicted molar refractivity (Wildman–Crippen MR) is 101 cm³/mol. The molecule has 1 atom stereocenters. The van der Waals surface area contributed by atoms with Crippen LogP contribution in [0.5, 0.6) is 0 Å². The number of hydrogen-bond acceptors (Lipinski definition) is 3. The Hall–Kier alpha value is -2.33. The maximum absolute atomic E-state index is 12.0. The number of hydrogen-bond donors (Lipinski definition) is 2. The van der Waals surface area contributed by atoms with Crippen molar-refractivity contribution in [3.05, 3.63) is 59.7 Å². The number of benzene rings is 2. The molecule has 0 heterocycles. The van der Waals surface area contributed by atoms with E-state index in [1.54, 1.807) is 0 Å². The lowest BCUT2D eigenvalue weighted by Crippen LogP contribution is -2.33. The lowest BCUT2D eigenvalue weighted by molar-refractivity contribution is 0.0554. The summed E-state index contributed by atoms with van der Waals surface area (Å²) in [6.45, 7) is 0.777. The second-order valence-corrected chi connectivity index (χ2v) is 7.30. The molecule has 2 aliphatic carbocycles. The van der Waals surface area contributed by atoms with Crippen LogP contribution >= 0.6 is 0 Å². The standard InChI is InChI=1S/C22H25NO3/c24-21(15-6-5-7-15)12-13-23-22(25)26-14-20-18-10-3-1-8-16(18)17-9-2-4-11-19(17)20/h1-4,8-11,15,20-21,24H,5-7,12-14H2,(H,23,25)/t21-/m1/s1. The molecule has 4 rings (SSSR count). The van der Waals surface area contributed by atoms with Crippen molar-refractivity contribution in [1.29, 1.82) is 0 Å². The molecule has 136 valence electrons. The first-order chi connectivity index (χ1) is 12.7. The summed E-state index contributed by atoms with van der Waals surface area (Å²) in [5.74, 6) is 0.494. The van der Waals surface area contributed by atoms with Crippen molar-refractivity contribution in [2.45, 2.75) is 37.7 Å². The summed E-state index contributed by atoms with van der Waals surface area (Å²) in [5.41, 5.74) is 4.87. The summed E-state index contributed by atoms with van der Waals surface area (Å²) in [7, 11) is 0. The van der Waals surface area contributed by atoms with Gasteiger partial charge in [0, 0.05) is 12.5 Å². The van der Waals surface area contributed by atoms with Gasteiger partial charge in [-0.1, -0.05) is 55.0 Å². The molecular weight excluding hydrogens is 326 g/mol. The fourth-order valence-corrected chi connectivity index (χ4v) is 4.03. The van der Waals surface area contributed by atoms with Crippen molar-refractivity contribution in [2.75, 3.05) is 13.2 Å². The zero-order valence-corrected chi connectivity index (χ0v) is 14.9. The van der Waals surface area contributed by atoms with E-state index in [4.69, 9.17) is 4.74 Å². The molecule has 0 unspecified atom stereocenters. The average Bonchev–Trinajstić information content (AvgIpc) is 2.92. The first kappa shape index (κ1) is 17.1. The third kappa shape index (κ3) is 3.34. The largest absolute Gasteiger partial charge is 0.449 e. The molecule has 2 aliphatic rings. The first-order valence-electron chi connectivity index (χ1n) is 9.51. The van der Waals surface area contributed by atoms with Crippen LogP contribution in [-0.2, 0) is 4.74 Å². The second kappa shape index (κ2) is 7.50. The van der Waals surface area contributed by atoms with Crippen LogP contribution in [0.4, 0.5) is 4.79 Å². The molecule has 2 N–H and O–H groups in total. The molecule has 4 nitrogen and oxygen atoms in total. The van der Waals surface area contributed by atoms with Crippen LogP contribution in [0.25, 0.3) is 11.1 Å². The molecule has 1 amide bonds. The fraction of sp³-hybridized carbons (Fsp3) is 0.409. The zero-order chi connectivity index (χ0) is 17.9. The third-order valence-corrected chi connectivity index (χ3v) is 5.75. The number of nitrogens with one attached hydrogen (secondary N) is 1. The molecule has 1 fully saturated rings. The first-order valence-corrected chi connectivity index (χ1v) is 9.51.